The molecule has 0 fully saturated rings. The van der Waals surface area contributed by atoms with Gasteiger partial charge in [0.15, 0.2) is 0 Å². The van der Waals surface area contributed by atoms with Gasteiger partial charge in [-0.2, -0.15) is 8.42 Å². The normalized spacial score (nSPS) is 11.8. The van der Waals surface area contributed by atoms with Gasteiger partial charge in [0.1, 0.15) is 10.6 Å². The fourth-order valence-corrected chi connectivity index (χ4v) is 4.11. The van der Waals surface area contributed by atoms with Crippen molar-refractivity contribution in [2.24, 2.45) is 0 Å². The first-order valence-electron chi connectivity index (χ1n) is 10.7. The van der Waals surface area contributed by atoms with E-state index in [4.69, 9.17) is 4.55 Å². The van der Waals surface area contributed by atoms with Crippen molar-refractivity contribution in [1.82, 2.24) is 0 Å². The van der Waals surface area contributed by atoms with Gasteiger partial charge in [-0.15, -0.1) is 0 Å². The third-order valence-corrected chi connectivity index (χ3v) is 6.05. The zero-order chi connectivity index (χ0) is 20.0. The van der Waals surface area contributed by atoms with Gasteiger partial charge in [-0.3, -0.25) is 4.55 Å². The van der Waals surface area contributed by atoms with E-state index in [0.717, 1.165) is 12.8 Å². The molecule has 0 atom stereocenters. The molecule has 0 aliphatic carbocycles. The Balaban J connectivity index is 2.02. The second kappa shape index (κ2) is 14.0. The van der Waals surface area contributed by atoms with Gasteiger partial charge in [-0.25, -0.2) is 0 Å². The Hall–Kier alpha value is -1.07. The van der Waals surface area contributed by atoms with Crippen LogP contribution in [0.3, 0.4) is 0 Å². The molecule has 4 nitrogen and oxygen atoms in total. The van der Waals surface area contributed by atoms with Gasteiger partial charge < -0.3 is 5.11 Å². The minimum Gasteiger partial charge on any atom is -0.506 e. The Labute approximate surface area is 166 Å². The Kier molecular flexibility index (Phi) is 12.4. The minimum atomic E-state index is -4.36. The van der Waals surface area contributed by atoms with Crippen LogP contribution in [0.4, 0.5) is 0 Å². The predicted octanol–water partition coefficient (Wildman–Crippen LogP) is 6.66. The third kappa shape index (κ3) is 10.7. The molecule has 0 aliphatic heterocycles. The zero-order valence-corrected chi connectivity index (χ0v) is 17.8. The molecule has 0 unspecified atom stereocenters. The number of aromatic hydroxyl groups is 1. The van der Waals surface area contributed by atoms with Crippen LogP contribution < -0.4 is 0 Å². The van der Waals surface area contributed by atoms with E-state index in [2.05, 4.69) is 6.92 Å². The Morgan fingerprint density at radius 3 is 1.63 bits per heavy atom. The number of phenolic OH excluding ortho intramolecular Hbond substituents is 1. The molecular formula is C22H38O4S. The molecular weight excluding hydrogens is 360 g/mol. The zero-order valence-electron chi connectivity index (χ0n) is 17.0. The van der Waals surface area contributed by atoms with E-state index in [1.807, 2.05) is 0 Å². The van der Waals surface area contributed by atoms with Gasteiger partial charge in [0, 0.05) is 0 Å². The molecule has 2 N–H and O–H groups in total. The van der Waals surface area contributed by atoms with Crippen LogP contribution in [0.1, 0.15) is 102 Å². The van der Waals surface area contributed by atoms with E-state index in [-0.39, 0.29) is 5.75 Å². The predicted molar refractivity (Wildman–Crippen MR) is 112 cm³/mol. The van der Waals surface area contributed by atoms with Crippen molar-refractivity contribution in [1.29, 1.82) is 0 Å². The highest BCUT2D eigenvalue weighted by Gasteiger charge is 2.17. The second-order valence-corrected chi connectivity index (χ2v) is 8.98. The molecule has 0 saturated carbocycles. The quantitative estimate of drug-likeness (QED) is 0.241. The maximum absolute atomic E-state index is 11.2. The van der Waals surface area contributed by atoms with E-state index in [1.165, 1.54) is 83.1 Å². The van der Waals surface area contributed by atoms with Crippen molar-refractivity contribution >= 4 is 10.1 Å². The molecule has 0 aromatic heterocycles. The number of unbranched alkanes of at least 4 members (excludes halogenated alkanes) is 13. The molecule has 5 heteroatoms. The molecule has 0 bridgehead atoms. The fraction of sp³-hybridized carbons (Fsp3) is 0.727. The van der Waals surface area contributed by atoms with Crippen molar-refractivity contribution in [3.05, 3.63) is 23.8 Å². The lowest BCUT2D eigenvalue weighted by atomic mass is 10.0. The van der Waals surface area contributed by atoms with Gasteiger partial charge in [-0.1, -0.05) is 103 Å². The molecule has 1 aromatic rings. The molecule has 0 aliphatic rings. The second-order valence-electron chi connectivity index (χ2n) is 7.59. The van der Waals surface area contributed by atoms with E-state index in [1.54, 1.807) is 12.1 Å². The van der Waals surface area contributed by atoms with Crippen LogP contribution in [0.25, 0.3) is 0 Å². The molecule has 0 saturated heterocycles. The lowest BCUT2D eigenvalue weighted by molar-refractivity contribution is 0.436. The van der Waals surface area contributed by atoms with Crippen molar-refractivity contribution in [2.75, 3.05) is 0 Å². The van der Waals surface area contributed by atoms with E-state index in [0.29, 0.717) is 12.0 Å². The molecule has 27 heavy (non-hydrogen) atoms. The summed E-state index contributed by atoms with van der Waals surface area (Å²) in [6, 6.07) is 4.49. The molecule has 1 rings (SSSR count). The lowest BCUT2D eigenvalue weighted by Gasteiger charge is -2.08. The van der Waals surface area contributed by atoms with Gasteiger partial charge in [-0.05, 0) is 24.5 Å². The average molecular weight is 399 g/mol. The highest BCUT2D eigenvalue weighted by molar-refractivity contribution is 7.86. The van der Waals surface area contributed by atoms with Gasteiger partial charge in [0.25, 0.3) is 10.1 Å². The van der Waals surface area contributed by atoms with Crippen LogP contribution in [0.5, 0.6) is 5.75 Å². The first-order valence-corrected chi connectivity index (χ1v) is 12.2. The van der Waals surface area contributed by atoms with Gasteiger partial charge >= 0.3 is 0 Å². The van der Waals surface area contributed by atoms with Crippen LogP contribution in [-0.2, 0) is 16.5 Å². The first kappa shape index (κ1) is 24.0. The van der Waals surface area contributed by atoms with Crippen molar-refractivity contribution < 1.29 is 18.1 Å². The van der Waals surface area contributed by atoms with E-state index < -0.39 is 15.0 Å². The average Bonchev–Trinajstić information content (AvgIpc) is 2.62. The van der Waals surface area contributed by atoms with E-state index >= 15 is 0 Å². The Morgan fingerprint density at radius 1 is 0.741 bits per heavy atom. The van der Waals surface area contributed by atoms with Crippen LogP contribution in [0, 0.1) is 0 Å². The summed E-state index contributed by atoms with van der Waals surface area (Å²) in [4.78, 5) is -0.398. The number of phenols is 1. The number of para-hydroxylation sites is 1. The number of rotatable bonds is 16. The molecule has 156 valence electrons. The highest BCUT2D eigenvalue weighted by Crippen LogP contribution is 2.28. The van der Waals surface area contributed by atoms with Crippen LogP contribution >= 0.6 is 0 Å². The first-order chi connectivity index (χ1) is 13.0. The number of hydrogen-bond acceptors (Lipinski definition) is 3. The molecule has 0 spiro atoms. The number of hydrogen-bond donors (Lipinski definition) is 2. The van der Waals surface area contributed by atoms with Gasteiger partial charge in [0.05, 0.1) is 0 Å². The van der Waals surface area contributed by atoms with Crippen LogP contribution in [0.2, 0.25) is 0 Å². The monoisotopic (exact) mass is 398 g/mol. The standard InChI is InChI=1S/C22H38O4S/c1-2-3-4-5-6-7-8-9-10-11-12-13-14-15-17-20-18-16-19-21(22(20)23)27(24,25)26/h16,18-19,23H,2-15,17H2,1H3,(H,24,25,26). The van der Waals surface area contributed by atoms with E-state index in [9.17, 15) is 13.5 Å². The number of aryl methyl sites for hydroxylation is 1. The van der Waals surface area contributed by atoms with Crippen LogP contribution in [-0.4, -0.2) is 18.1 Å². The number of benzene rings is 1. The minimum absolute atomic E-state index is 0.310. The summed E-state index contributed by atoms with van der Waals surface area (Å²) in [6.07, 6.45) is 18.7. The van der Waals surface area contributed by atoms with Crippen molar-refractivity contribution in [3.8, 4) is 5.75 Å². The fourth-order valence-electron chi connectivity index (χ4n) is 3.49. The molecule has 0 radical (unpaired) electrons. The summed E-state index contributed by atoms with van der Waals surface area (Å²) in [5.41, 5.74) is 0.587. The summed E-state index contributed by atoms with van der Waals surface area (Å²) in [6.45, 7) is 2.26. The summed E-state index contributed by atoms with van der Waals surface area (Å²) in [5, 5.41) is 9.99. The maximum atomic E-state index is 11.2. The topological polar surface area (TPSA) is 74.6 Å². The molecule has 1 aromatic carbocycles. The molecule has 0 heterocycles. The van der Waals surface area contributed by atoms with Crippen molar-refractivity contribution in [2.45, 2.75) is 108 Å². The summed E-state index contributed by atoms with van der Waals surface area (Å²) in [5.74, 6) is -0.310. The van der Waals surface area contributed by atoms with Crippen molar-refractivity contribution in [3.63, 3.8) is 0 Å². The Morgan fingerprint density at radius 2 is 1.19 bits per heavy atom. The lowest BCUT2D eigenvalue weighted by Crippen LogP contribution is -2.00. The van der Waals surface area contributed by atoms with Crippen LogP contribution in [0.15, 0.2) is 23.1 Å². The maximum Gasteiger partial charge on any atom is 0.298 e. The largest absolute Gasteiger partial charge is 0.506 e. The summed E-state index contributed by atoms with van der Waals surface area (Å²) >= 11 is 0. The highest BCUT2D eigenvalue weighted by atomic mass is 32.2. The van der Waals surface area contributed by atoms with Gasteiger partial charge in [0.2, 0.25) is 0 Å². The SMILES string of the molecule is CCCCCCCCCCCCCCCCc1cccc(S(=O)(=O)O)c1O. The molecule has 0 amide bonds. The summed E-state index contributed by atoms with van der Waals surface area (Å²) in [7, 11) is -4.36. The Bertz CT molecular complexity index is 611. The third-order valence-electron chi connectivity index (χ3n) is 5.16. The smallest absolute Gasteiger partial charge is 0.298 e. The summed E-state index contributed by atoms with van der Waals surface area (Å²) < 4.78 is 31.5.